The van der Waals surface area contributed by atoms with Gasteiger partial charge in [-0.15, -0.1) is 0 Å². The molecule has 0 aliphatic heterocycles. The van der Waals surface area contributed by atoms with Crippen LogP contribution in [0.4, 0.5) is 32.0 Å². The molecule has 0 heterocycles. The van der Waals surface area contributed by atoms with Crippen LogP contribution in [0.25, 0.3) is 0 Å². The van der Waals surface area contributed by atoms with Crippen LogP contribution in [0.5, 0.6) is 5.75 Å². The number of alkyl halides is 6. The maximum absolute atomic E-state index is 12.8. The van der Waals surface area contributed by atoms with Crippen LogP contribution >= 0.6 is 0 Å². The van der Waals surface area contributed by atoms with Crippen molar-refractivity contribution in [3.05, 3.63) is 55.3 Å². The van der Waals surface area contributed by atoms with Crippen molar-refractivity contribution >= 4 is 5.69 Å². The number of hydrogen-bond donors (Lipinski definition) is 1. The number of hydrogen-bond acceptors (Lipinski definition) is 4. The molecule has 0 amide bonds. The highest BCUT2D eigenvalue weighted by Gasteiger charge is 2.37. The number of nitrogens with one attached hydrogen (secondary N) is 1. The Kier molecular flexibility index (Phi) is 4.83. The van der Waals surface area contributed by atoms with Crippen LogP contribution in [0, 0.1) is 0 Å². The molecule has 0 spiro atoms. The molecule has 0 aliphatic carbocycles. The van der Waals surface area contributed by atoms with Crippen molar-refractivity contribution < 1.29 is 31.1 Å². The van der Waals surface area contributed by atoms with Gasteiger partial charge in [-0.25, -0.2) is 0 Å². The number of anilines is 1. The zero-order valence-electron chi connectivity index (χ0n) is 12.6. The Bertz CT molecular complexity index is 814. The topological polar surface area (TPSA) is 55.4 Å². The van der Waals surface area contributed by atoms with Gasteiger partial charge in [0.2, 0.25) is 0 Å². The molecule has 10 heteroatoms. The van der Waals surface area contributed by atoms with E-state index in [4.69, 9.17) is 4.74 Å². The lowest BCUT2D eigenvalue weighted by Crippen LogP contribution is -2.35. The van der Waals surface area contributed by atoms with Gasteiger partial charge in [0.05, 0.1) is 17.7 Å². The van der Waals surface area contributed by atoms with Crippen molar-refractivity contribution in [3.8, 4) is 5.75 Å². The van der Waals surface area contributed by atoms with Crippen molar-refractivity contribution in [1.29, 1.82) is 0 Å². The van der Waals surface area contributed by atoms with Gasteiger partial charge in [0, 0.05) is 6.54 Å². The van der Waals surface area contributed by atoms with E-state index in [0.717, 1.165) is 0 Å². The Balaban J connectivity index is 2.32. The molecular weight excluding hydrogens is 356 g/mol. The van der Waals surface area contributed by atoms with Gasteiger partial charge in [-0.05, 0) is 30.7 Å². The highest BCUT2D eigenvalue weighted by atomic mass is 19.4. The van der Waals surface area contributed by atoms with E-state index in [0.29, 0.717) is 12.1 Å². The molecule has 1 N–H and O–H groups in total. The molecule has 0 unspecified atom stereocenters. The zero-order chi connectivity index (χ0) is 19.0. The van der Waals surface area contributed by atoms with Gasteiger partial charge in [-0.1, -0.05) is 0 Å². The van der Waals surface area contributed by atoms with Crippen LogP contribution in [0.2, 0.25) is 0 Å². The van der Waals surface area contributed by atoms with E-state index >= 15 is 0 Å². The molecule has 0 atom stereocenters. The first kappa shape index (κ1) is 18.8. The first-order valence-electron chi connectivity index (χ1n) is 6.93. The third-order valence-electron chi connectivity index (χ3n) is 3.27. The minimum absolute atomic E-state index is 0.00637. The molecule has 4 nitrogen and oxygen atoms in total. The SMILES string of the molecule is CCOc1c(NCc2cc(C(F)(F)F)cc(C(F)(F)F)c2)c(=O)c1=O. The van der Waals surface area contributed by atoms with Gasteiger partial charge >= 0.3 is 12.4 Å². The average Bonchev–Trinajstić information content (AvgIpc) is 2.51. The zero-order valence-corrected chi connectivity index (χ0v) is 12.6. The number of ether oxygens (including phenoxy) is 1. The lowest BCUT2D eigenvalue weighted by molar-refractivity contribution is -0.143. The quantitative estimate of drug-likeness (QED) is 0.651. The second-order valence-corrected chi connectivity index (χ2v) is 5.06. The summed E-state index contributed by atoms with van der Waals surface area (Å²) in [5, 5.41) is 2.36. The van der Waals surface area contributed by atoms with E-state index in [1.165, 1.54) is 0 Å². The van der Waals surface area contributed by atoms with Crippen LogP contribution in [0.15, 0.2) is 27.8 Å². The Hall–Kier alpha value is -2.52. The average molecular weight is 367 g/mol. The molecule has 0 radical (unpaired) electrons. The summed E-state index contributed by atoms with van der Waals surface area (Å²) in [6, 6.07) is 1.08. The number of benzene rings is 1. The molecule has 2 rings (SSSR count). The molecule has 0 saturated carbocycles. The van der Waals surface area contributed by atoms with Crippen LogP contribution in [0.3, 0.4) is 0 Å². The molecule has 0 fully saturated rings. The summed E-state index contributed by atoms with van der Waals surface area (Å²) in [7, 11) is 0. The smallest absolute Gasteiger partial charge is 0.416 e. The van der Waals surface area contributed by atoms with Gasteiger partial charge < -0.3 is 10.1 Å². The summed E-state index contributed by atoms with van der Waals surface area (Å²) in [4.78, 5) is 22.7. The van der Waals surface area contributed by atoms with Crippen LogP contribution < -0.4 is 20.9 Å². The Labute approximate surface area is 136 Å². The van der Waals surface area contributed by atoms with E-state index < -0.39 is 40.9 Å². The van der Waals surface area contributed by atoms with Gasteiger partial charge in [-0.2, -0.15) is 26.3 Å². The fraction of sp³-hybridized carbons (Fsp3) is 0.333. The molecule has 0 aromatic heterocycles. The van der Waals surface area contributed by atoms with Crippen molar-refractivity contribution in [2.24, 2.45) is 0 Å². The van der Waals surface area contributed by atoms with Crippen molar-refractivity contribution in [1.82, 2.24) is 0 Å². The lowest BCUT2D eigenvalue weighted by atomic mass is 10.0. The van der Waals surface area contributed by atoms with Crippen molar-refractivity contribution in [2.45, 2.75) is 25.8 Å². The van der Waals surface area contributed by atoms with E-state index in [2.05, 4.69) is 5.32 Å². The standard InChI is InChI=1S/C15H11F6NO3/c1-2-25-13-10(11(23)12(13)24)22-6-7-3-8(14(16,17)18)5-9(4-7)15(19,20)21/h3-5,22H,2,6H2,1H3. The maximum Gasteiger partial charge on any atom is 0.416 e. The highest BCUT2D eigenvalue weighted by Crippen LogP contribution is 2.36. The summed E-state index contributed by atoms with van der Waals surface area (Å²) < 4.78 is 81.5. The predicted octanol–water partition coefficient (Wildman–Crippen LogP) is 3.33. The largest absolute Gasteiger partial charge is 0.488 e. The van der Waals surface area contributed by atoms with E-state index in [-0.39, 0.29) is 29.7 Å². The molecule has 2 aromatic rings. The van der Waals surface area contributed by atoms with Crippen LogP contribution in [-0.4, -0.2) is 6.61 Å². The highest BCUT2D eigenvalue weighted by molar-refractivity contribution is 5.62. The van der Waals surface area contributed by atoms with Gasteiger partial charge in [0.25, 0.3) is 10.9 Å². The number of rotatable bonds is 5. The van der Waals surface area contributed by atoms with Gasteiger partial charge in [0.15, 0.2) is 5.75 Å². The van der Waals surface area contributed by atoms with Gasteiger partial charge in [0.1, 0.15) is 5.69 Å². The molecule has 0 aliphatic rings. The molecule has 136 valence electrons. The first-order chi connectivity index (χ1) is 11.4. The van der Waals surface area contributed by atoms with E-state index in [9.17, 15) is 35.9 Å². The second kappa shape index (κ2) is 6.41. The molecule has 2 aromatic carbocycles. The fourth-order valence-electron chi connectivity index (χ4n) is 2.13. The predicted molar refractivity (Wildman–Crippen MR) is 76.3 cm³/mol. The fourth-order valence-corrected chi connectivity index (χ4v) is 2.13. The number of halogens is 6. The Morgan fingerprint density at radius 2 is 1.44 bits per heavy atom. The van der Waals surface area contributed by atoms with Crippen molar-refractivity contribution in [2.75, 3.05) is 11.9 Å². The van der Waals surface area contributed by atoms with Crippen molar-refractivity contribution in [3.63, 3.8) is 0 Å². The van der Waals surface area contributed by atoms with Gasteiger partial charge in [-0.3, -0.25) is 9.59 Å². The molecule has 25 heavy (non-hydrogen) atoms. The minimum atomic E-state index is -4.96. The summed E-state index contributed by atoms with van der Waals surface area (Å²) in [6.45, 7) is 1.10. The Morgan fingerprint density at radius 1 is 0.920 bits per heavy atom. The third-order valence-corrected chi connectivity index (χ3v) is 3.27. The summed E-state index contributed by atoms with van der Waals surface area (Å²) in [6.07, 6.45) is -9.93. The summed E-state index contributed by atoms with van der Waals surface area (Å²) in [5.74, 6) is -0.282. The summed E-state index contributed by atoms with van der Waals surface area (Å²) in [5.41, 5.74) is -5.38. The third kappa shape index (κ3) is 3.94. The van der Waals surface area contributed by atoms with Crippen LogP contribution in [0.1, 0.15) is 23.6 Å². The lowest BCUT2D eigenvalue weighted by Gasteiger charge is -2.16. The second-order valence-electron chi connectivity index (χ2n) is 5.06. The summed E-state index contributed by atoms with van der Waals surface area (Å²) >= 11 is 0. The van der Waals surface area contributed by atoms with Crippen LogP contribution in [-0.2, 0) is 18.9 Å². The monoisotopic (exact) mass is 367 g/mol. The van der Waals surface area contributed by atoms with E-state index in [1.807, 2.05) is 0 Å². The molecule has 0 saturated heterocycles. The van der Waals surface area contributed by atoms with E-state index in [1.54, 1.807) is 6.92 Å². The first-order valence-corrected chi connectivity index (χ1v) is 6.93. The molecule has 0 bridgehead atoms. The normalized spacial score (nSPS) is 12.4. The maximum atomic E-state index is 12.8. The molecular formula is C15H11F6NO3. The Morgan fingerprint density at radius 3 is 1.88 bits per heavy atom. The minimum Gasteiger partial charge on any atom is -0.488 e.